The van der Waals surface area contributed by atoms with Crippen LogP contribution in [0.25, 0.3) is 0 Å². The van der Waals surface area contributed by atoms with Gasteiger partial charge in [0.15, 0.2) is 0 Å². The minimum absolute atomic E-state index is 0.618. The van der Waals surface area contributed by atoms with E-state index in [9.17, 15) is 0 Å². The van der Waals surface area contributed by atoms with Crippen molar-refractivity contribution >= 4 is 0 Å². The molecule has 0 atom stereocenters. The lowest BCUT2D eigenvalue weighted by Gasteiger charge is -2.31. The lowest BCUT2D eigenvalue weighted by atomic mass is 9.97. The molecule has 2 aromatic heterocycles. The largest absolute Gasteiger partial charge is 0.477 e. The van der Waals surface area contributed by atoms with Crippen LogP contribution in [0.5, 0.6) is 5.88 Å². The Kier molecular flexibility index (Phi) is 5.53. The summed E-state index contributed by atoms with van der Waals surface area (Å²) in [5.74, 6) is 2.26. The van der Waals surface area contributed by atoms with Crippen LogP contribution in [-0.2, 0) is 13.0 Å². The van der Waals surface area contributed by atoms with Crippen molar-refractivity contribution in [1.82, 2.24) is 19.9 Å². The molecule has 0 unspecified atom stereocenters. The van der Waals surface area contributed by atoms with Crippen molar-refractivity contribution in [3.63, 3.8) is 0 Å². The van der Waals surface area contributed by atoms with E-state index in [-0.39, 0.29) is 0 Å². The quantitative estimate of drug-likeness (QED) is 0.821. The number of hydrogen-bond donors (Lipinski definition) is 0. The van der Waals surface area contributed by atoms with Crippen molar-refractivity contribution in [3.8, 4) is 5.88 Å². The molecule has 122 valence electrons. The van der Waals surface area contributed by atoms with Crippen molar-refractivity contribution in [2.24, 2.45) is 5.92 Å². The molecule has 5 heteroatoms. The monoisotopic (exact) mass is 312 g/mol. The zero-order valence-corrected chi connectivity index (χ0v) is 13.7. The number of hydrogen-bond acceptors (Lipinski definition) is 5. The minimum atomic E-state index is 0.618. The molecule has 3 heterocycles. The molecule has 0 bridgehead atoms. The third-order valence-corrected chi connectivity index (χ3v) is 4.29. The molecule has 0 spiro atoms. The normalized spacial score (nSPS) is 16.4. The molecule has 0 N–H and O–H groups in total. The SMILES string of the molecule is CCc1ncc(CN2CCC(COc3ccccn3)CC2)cn1. The molecular weight excluding hydrogens is 288 g/mol. The van der Waals surface area contributed by atoms with E-state index in [2.05, 4.69) is 26.8 Å². The predicted molar refractivity (Wildman–Crippen MR) is 89.1 cm³/mol. The highest BCUT2D eigenvalue weighted by Crippen LogP contribution is 2.20. The second-order valence-electron chi connectivity index (χ2n) is 6.06. The standard InChI is InChI=1S/C18H24N4O/c1-2-17-20-11-16(12-21-17)13-22-9-6-15(7-10-22)14-23-18-5-3-4-8-19-18/h3-5,8,11-12,15H,2,6-7,9-10,13-14H2,1H3. The summed E-state index contributed by atoms with van der Waals surface area (Å²) in [5, 5.41) is 0. The maximum atomic E-state index is 5.77. The number of ether oxygens (including phenoxy) is 1. The van der Waals surface area contributed by atoms with Crippen molar-refractivity contribution < 1.29 is 4.74 Å². The highest BCUT2D eigenvalue weighted by molar-refractivity contribution is 5.09. The second kappa shape index (κ2) is 8.02. The van der Waals surface area contributed by atoms with Crippen LogP contribution in [0.15, 0.2) is 36.8 Å². The van der Waals surface area contributed by atoms with Gasteiger partial charge in [0.05, 0.1) is 6.61 Å². The van der Waals surface area contributed by atoms with Crippen molar-refractivity contribution in [1.29, 1.82) is 0 Å². The molecule has 1 fully saturated rings. The fourth-order valence-electron chi connectivity index (χ4n) is 2.85. The van der Waals surface area contributed by atoms with Gasteiger partial charge < -0.3 is 4.74 Å². The van der Waals surface area contributed by atoms with E-state index >= 15 is 0 Å². The van der Waals surface area contributed by atoms with Gasteiger partial charge in [0.1, 0.15) is 5.82 Å². The first-order valence-corrected chi connectivity index (χ1v) is 8.39. The molecule has 0 saturated carbocycles. The number of nitrogens with zero attached hydrogens (tertiary/aromatic N) is 4. The van der Waals surface area contributed by atoms with Crippen LogP contribution in [0.1, 0.15) is 31.2 Å². The Balaban J connectivity index is 1.41. The van der Waals surface area contributed by atoms with Crippen LogP contribution < -0.4 is 4.74 Å². The molecule has 0 radical (unpaired) electrons. The minimum Gasteiger partial charge on any atom is -0.477 e. The second-order valence-corrected chi connectivity index (χ2v) is 6.06. The van der Waals surface area contributed by atoms with Gasteiger partial charge in [-0.05, 0) is 37.9 Å². The van der Waals surface area contributed by atoms with Crippen LogP contribution in [0.2, 0.25) is 0 Å². The molecule has 2 aromatic rings. The zero-order valence-electron chi connectivity index (χ0n) is 13.7. The Morgan fingerprint density at radius 2 is 1.91 bits per heavy atom. The molecule has 0 aliphatic carbocycles. The van der Waals surface area contributed by atoms with Gasteiger partial charge in [0.25, 0.3) is 0 Å². The zero-order chi connectivity index (χ0) is 15.9. The number of pyridine rings is 1. The fourth-order valence-corrected chi connectivity index (χ4v) is 2.85. The van der Waals surface area contributed by atoms with Crippen LogP contribution >= 0.6 is 0 Å². The van der Waals surface area contributed by atoms with E-state index in [1.165, 1.54) is 18.4 Å². The molecule has 0 amide bonds. The maximum Gasteiger partial charge on any atom is 0.213 e. The summed E-state index contributed by atoms with van der Waals surface area (Å²) in [5.41, 5.74) is 1.20. The van der Waals surface area contributed by atoms with E-state index < -0.39 is 0 Å². The summed E-state index contributed by atoms with van der Waals surface area (Å²) in [6.45, 7) is 5.99. The summed E-state index contributed by atoms with van der Waals surface area (Å²) >= 11 is 0. The third kappa shape index (κ3) is 4.73. The van der Waals surface area contributed by atoms with Crippen LogP contribution in [0.3, 0.4) is 0 Å². The van der Waals surface area contributed by atoms with Gasteiger partial charge in [-0.3, -0.25) is 4.90 Å². The Labute approximate surface area is 137 Å². The average Bonchev–Trinajstić information content (AvgIpc) is 2.63. The first-order chi connectivity index (χ1) is 11.3. The highest BCUT2D eigenvalue weighted by atomic mass is 16.5. The molecular formula is C18H24N4O. The van der Waals surface area contributed by atoms with Gasteiger partial charge in [-0.15, -0.1) is 0 Å². The first kappa shape index (κ1) is 15.9. The van der Waals surface area contributed by atoms with Gasteiger partial charge in [-0.1, -0.05) is 13.0 Å². The van der Waals surface area contributed by atoms with E-state index in [4.69, 9.17) is 4.74 Å². The highest BCUT2D eigenvalue weighted by Gasteiger charge is 2.20. The van der Waals surface area contributed by atoms with E-state index in [1.807, 2.05) is 30.6 Å². The van der Waals surface area contributed by atoms with E-state index in [0.29, 0.717) is 5.92 Å². The number of aryl methyl sites for hydroxylation is 1. The van der Waals surface area contributed by atoms with Gasteiger partial charge in [0, 0.05) is 43.2 Å². The third-order valence-electron chi connectivity index (χ3n) is 4.29. The Morgan fingerprint density at radius 3 is 2.57 bits per heavy atom. The molecule has 5 nitrogen and oxygen atoms in total. The summed E-state index contributed by atoms with van der Waals surface area (Å²) in [6, 6.07) is 5.77. The summed E-state index contributed by atoms with van der Waals surface area (Å²) < 4.78 is 5.77. The number of rotatable bonds is 6. The maximum absolute atomic E-state index is 5.77. The molecule has 3 rings (SSSR count). The van der Waals surface area contributed by atoms with Gasteiger partial charge in [0.2, 0.25) is 5.88 Å². The smallest absolute Gasteiger partial charge is 0.213 e. The van der Waals surface area contributed by atoms with Crippen molar-refractivity contribution in [2.45, 2.75) is 32.7 Å². The van der Waals surface area contributed by atoms with Gasteiger partial charge in [-0.2, -0.15) is 0 Å². The van der Waals surface area contributed by atoms with Crippen molar-refractivity contribution in [3.05, 3.63) is 48.2 Å². The number of aromatic nitrogens is 3. The Hall–Kier alpha value is -2.01. The lowest BCUT2D eigenvalue weighted by molar-refractivity contribution is 0.134. The van der Waals surface area contributed by atoms with Crippen LogP contribution in [0, 0.1) is 5.92 Å². The predicted octanol–water partition coefficient (Wildman–Crippen LogP) is 2.73. The lowest BCUT2D eigenvalue weighted by Crippen LogP contribution is -2.35. The molecule has 1 aliphatic rings. The Bertz CT molecular complexity index is 580. The fraction of sp³-hybridized carbons (Fsp3) is 0.500. The number of likely N-dealkylation sites (tertiary alicyclic amines) is 1. The van der Waals surface area contributed by atoms with Gasteiger partial charge >= 0.3 is 0 Å². The Morgan fingerprint density at radius 1 is 1.13 bits per heavy atom. The molecule has 23 heavy (non-hydrogen) atoms. The number of piperidine rings is 1. The summed E-state index contributed by atoms with van der Waals surface area (Å²) in [6.07, 6.45) is 8.91. The van der Waals surface area contributed by atoms with E-state index in [0.717, 1.165) is 44.4 Å². The van der Waals surface area contributed by atoms with Crippen LogP contribution in [-0.4, -0.2) is 39.5 Å². The van der Waals surface area contributed by atoms with Crippen molar-refractivity contribution in [2.75, 3.05) is 19.7 Å². The average molecular weight is 312 g/mol. The first-order valence-electron chi connectivity index (χ1n) is 8.39. The van der Waals surface area contributed by atoms with Gasteiger partial charge in [-0.25, -0.2) is 15.0 Å². The summed E-state index contributed by atoms with van der Waals surface area (Å²) in [7, 11) is 0. The van der Waals surface area contributed by atoms with Crippen LogP contribution in [0.4, 0.5) is 0 Å². The topological polar surface area (TPSA) is 51.1 Å². The molecule has 1 aliphatic heterocycles. The van der Waals surface area contributed by atoms with E-state index in [1.54, 1.807) is 6.20 Å². The summed E-state index contributed by atoms with van der Waals surface area (Å²) in [4.78, 5) is 15.4. The molecule has 0 aromatic carbocycles. The molecule has 1 saturated heterocycles.